The number of nitrogens with one attached hydrogen (secondary N) is 1. The summed E-state index contributed by atoms with van der Waals surface area (Å²) < 4.78 is 38.5. The molecule has 3 aromatic carbocycles. The van der Waals surface area contributed by atoms with Gasteiger partial charge in [-0.1, -0.05) is 48.5 Å². The van der Waals surface area contributed by atoms with Crippen molar-refractivity contribution in [3.63, 3.8) is 0 Å². The van der Waals surface area contributed by atoms with Gasteiger partial charge in [0, 0.05) is 24.1 Å². The minimum Gasteiger partial charge on any atom is -0.493 e. The Bertz CT molecular complexity index is 1170. The molecule has 0 aliphatic rings. The number of anilines is 1. The number of rotatable bonds is 12. The quantitative estimate of drug-likeness (QED) is 0.379. The predicted molar refractivity (Wildman–Crippen MR) is 136 cm³/mol. The van der Waals surface area contributed by atoms with Gasteiger partial charge in [0.2, 0.25) is 5.91 Å². The summed E-state index contributed by atoms with van der Waals surface area (Å²) >= 11 is 1.70. The van der Waals surface area contributed by atoms with Crippen LogP contribution in [0.3, 0.4) is 0 Å². The third kappa shape index (κ3) is 6.68. The van der Waals surface area contributed by atoms with Gasteiger partial charge in [0.25, 0.3) is 10.0 Å². The van der Waals surface area contributed by atoms with Crippen molar-refractivity contribution in [3.05, 3.63) is 84.4 Å². The van der Waals surface area contributed by atoms with E-state index in [0.29, 0.717) is 29.5 Å². The molecule has 0 saturated heterocycles. The molecule has 1 amide bonds. The Balaban J connectivity index is 1.72. The maximum Gasteiger partial charge on any atom is 0.264 e. The van der Waals surface area contributed by atoms with Gasteiger partial charge >= 0.3 is 0 Å². The number of hydrogen-bond acceptors (Lipinski definition) is 6. The second-order valence-electron chi connectivity index (χ2n) is 7.25. The summed E-state index contributed by atoms with van der Waals surface area (Å²) in [6.07, 6.45) is 0. The second kappa shape index (κ2) is 12.3. The molecule has 3 aromatic rings. The van der Waals surface area contributed by atoms with Gasteiger partial charge in [0.05, 0.1) is 24.8 Å². The molecule has 0 heterocycles. The van der Waals surface area contributed by atoms with E-state index in [4.69, 9.17) is 9.47 Å². The molecule has 0 bridgehead atoms. The fourth-order valence-corrected chi connectivity index (χ4v) is 5.48. The first-order valence-corrected chi connectivity index (χ1v) is 13.2. The van der Waals surface area contributed by atoms with Crippen molar-refractivity contribution < 1.29 is 22.7 Å². The highest BCUT2D eigenvalue weighted by Crippen LogP contribution is 2.33. The van der Waals surface area contributed by atoms with Gasteiger partial charge in [0.15, 0.2) is 11.5 Å². The summed E-state index contributed by atoms with van der Waals surface area (Å²) in [7, 11) is -1.03. The van der Waals surface area contributed by atoms with E-state index in [1.54, 1.807) is 48.2 Å². The standard InChI is InChI=1S/C25H28N2O5S2/c1-31-23-14-13-21(17-24(23)32-2)27(34(29,30)22-11-7-4-8-12-22)18-25(28)26-15-16-33-19-20-9-5-3-6-10-20/h3-14,17H,15-16,18-19H2,1-2H3,(H,26,28). The monoisotopic (exact) mass is 500 g/mol. The van der Waals surface area contributed by atoms with Crippen LogP contribution < -0.4 is 19.1 Å². The van der Waals surface area contributed by atoms with Crippen LogP contribution in [0.25, 0.3) is 0 Å². The first kappa shape index (κ1) is 25.5. The van der Waals surface area contributed by atoms with E-state index in [-0.39, 0.29) is 11.4 Å². The van der Waals surface area contributed by atoms with Crippen molar-refractivity contribution in [2.45, 2.75) is 10.6 Å². The van der Waals surface area contributed by atoms with E-state index in [9.17, 15) is 13.2 Å². The molecule has 0 aliphatic carbocycles. The highest BCUT2D eigenvalue weighted by molar-refractivity contribution is 7.98. The zero-order valence-electron chi connectivity index (χ0n) is 19.1. The van der Waals surface area contributed by atoms with E-state index < -0.39 is 15.9 Å². The van der Waals surface area contributed by atoms with Crippen LogP contribution in [0.4, 0.5) is 5.69 Å². The lowest BCUT2D eigenvalue weighted by molar-refractivity contribution is -0.119. The molecule has 0 saturated carbocycles. The van der Waals surface area contributed by atoms with Crippen LogP contribution in [-0.4, -0.2) is 47.4 Å². The maximum absolute atomic E-state index is 13.4. The van der Waals surface area contributed by atoms with Crippen molar-refractivity contribution in [2.24, 2.45) is 0 Å². The van der Waals surface area contributed by atoms with E-state index in [1.807, 2.05) is 18.2 Å². The van der Waals surface area contributed by atoms with Crippen molar-refractivity contribution in [2.75, 3.05) is 37.4 Å². The largest absolute Gasteiger partial charge is 0.493 e. The fraction of sp³-hybridized carbons (Fsp3) is 0.240. The number of benzene rings is 3. The van der Waals surface area contributed by atoms with Gasteiger partial charge in [-0.05, 0) is 29.8 Å². The number of amides is 1. The minimum atomic E-state index is -3.99. The molecule has 1 N–H and O–H groups in total. The van der Waals surface area contributed by atoms with Gasteiger partial charge in [-0.2, -0.15) is 11.8 Å². The third-order valence-corrected chi connectivity index (χ3v) is 7.77. The van der Waals surface area contributed by atoms with Crippen LogP contribution in [0, 0.1) is 0 Å². The van der Waals surface area contributed by atoms with Crippen LogP contribution >= 0.6 is 11.8 Å². The van der Waals surface area contributed by atoms with Crippen LogP contribution in [0.15, 0.2) is 83.8 Å². The molecule has 0 unspecified atom stereocenters. The molecular weight excluding hydrogens is 472 g/mol. The van der Waals surface area contributed by atoms with Gasteiger partial charge in [-0.3, -0.25) is 9.10 Å². The second-order valence-corrected chi connectivity index (χ2v) is 10.2. The first-order chi connectivity index (χ1) is 16.5. The van der Waals surface area contributed by atoms with E-state index in [2.05, 4.69) is 17.4 Å². The number of hydrogen-bond donors (Lipinski definition) is 1. The van der Waals surface area contributed by atoms with Crippen molar-refractivity contribution in [1.29, 1.82) is 0 Å². The van der Waals surface area contributed by atoms with Crippen LogP contribution in [0.2, 0.25) is 0 Å². The molecule has 3 rings (SSSR count). The summed E-state index contributed by atoms with van der Waals surface area (Å²) in [6.45, 7) is 0.0670. The fourth-order valence-electron chi connectivity index (χ4n) is 3.23. The lowest BCUT2D eigenvalue weighted by Gasteiger charge is -2.25. The Morgan fingerprint density at radius 1 is 0.912 bits per heavy atom. The smallest absolute Gasteiger partial charge is 0.264 e. The number of carbonyl (C=O) groups is 1. The number of methoxy groups -OCH3 is 2. The molecule has 9 heteroatoms. The first-order valence-electron chi connectivity index (χ1n) is 10.6. The SMILES string of the molecule is COc1ccc(N(CC(=O)NCCSCc2ccccc2)S(=O)(=O)c2ccccc2)cc1OC. The van der Waals surface area contributed by atoms with E-state index in [0.717, 1.165) is 10.1 Å². The molecule has 0 aromatic heterocycles. The Morgan fingerprint density at radius 3 is 2.21 bits per heavy atom. The summed E-state index contributed by atoms with van der Waals surface area (Å²) in [4.78, 5) is 12.8. The van der Waals surface area contributed by atoms with Gasteiger partial charge in [0.1, 0.15) is 6.54 Å². The summed E-state index contributed by atoms with van der Waals surface area (Å²) in [5.41, 5.74) is 1.52. The topological polar surface area (TPSA) is 84.9 Å². The van der Waals surface area contributed by atoms with Crippen LogP contribution in [0.5, 0.6) is 11.5 Å². The molecule has 180 valence electrons. The third-order valence-electron chi connectivity index (χ3n) is 4.95. The Hall–Kier alpha value is -3.17. The molecule has 0 aliphatic heterocycles. The van der Waals surface area contributed by atoms with Gasteiger partial charge < -0.3 is 14.8 Å². The van der Waals surface area contributed by atoms with Gasteiger partial charge in [-0.15, -0.1) is 0 Å². The zero-order valence-corrected chi connectivity index (χ0v) is 20.8. The number of carbonyl (C=O) groups excluding carboxylic acids is 1. The average Bonchev–Trinajstić information content (AvgIpc) is 2.87. The Kier molecular flexibility index (Phi) is 9.24. The maximum atomic E-state index is 13.4. The Labute approximate surface area is 205 Å². The summed E-state index contributed by atoms with van der Waals surface area (Å²) in [6, 6.07) is 22.8. The lowest BCUT2D eigenvalue weighted by atomic mass is 10.2. The molecule has 0 atom stereocenters. The minimum absolute atomic E-state index is 0.0935. The highest BCUT2D eigenvalue weighted by Gasteiger charge is 2.28. The molecule has 0 spiro atoms. The molecular formula is C25H28N2O5S2. The van der Waals surface area contributed by atoms with Crippen LogP contribution in [0.1, 0.15) is 5.56 Å². The normalized spacial score (nSPS) is 11.0. The predicted octanol–water partition coefficient (Wildman–Crippen LogP) is 3.95. The molecule has 0 fully saturated rings. The van der Waals surface area contributed by atoms with Crippen molar-refractivity contribution in [3.8, 4) is 11.5 Å². The number of sulfonamides is 1. The van der Waals surface area contributed by atoms with Crippen LogP contribution in [-0.2, 0) is 20.6 Å². The van der Waals surface area contributed by atoms with Gasteiger partial charge in [-0.25, -0.2) is 8.42 Å². The number of nitrogens with zero attached hydrogens (tertiary/aromatic N) is 1. The van der Waals surface area contributed by atoms with Crippen molar-refractivity contribution in [1.82, 2.24) is 5.32 Å². The van der Waals surface area contributed by atoms with E-state index in [1.165, 1.54) is 31.9 Å². The zero-order chi connectivity index (χ0) is 24.4. The molecule has 0 radical (unpaired) electrons. The average molecular weight is 501 g/mol. The Morgan fingerprint density at radius 2 is 1.56 bits per heavy atom. The molecule has 7 nitrogen and oxygen atoms in total. The number of thioether (sulfide) groups is 1. The number of ether oxygens (including phenoxy) is 2. The molecule has 34 heavy (non-hydrogen) atoms. The highest BCUT2D eigenvalue weighted by atomic mass is 32.2. The summed E-state index contributed by atoms with van der Waals surface area (Å²) in [5, 5.41) is 2.82. The van der Waals surface area contributed by atoms with E-state index >= 15 is 0 Å². The summed E-state index contributed by atoms with van der Waals surface area (Å²) in [5.74, 6) is 1.99. The van der Waals surface area contributed by atoms with Crippen molar-refractivity contribution >= 4 is 33.4 Å². The lowest BCUT2D eigenvalue weighted by Crippen LogP contribution is -2.41.